The summed E-state index contributed by atoms with van der Waals surface area (Å²) in [7, 11) is 0. The summed E-state index contributed by atoms with van der Waals surface area (Å²) in [6, 6.07) is 11.3. The smallest absolute Gasteiger partial charge is 0.270 e. The molecule has 0 radical (unpaired) electrons. The SMILES string of the molecule is Cc1ccc(-c2csc(NC(=O)c3cnc4ccccn4c3=O)n2)cc1C. The molecule has 0 fully saturated rings. The summed E-state index contributed by atoms with van der Waals surface area (Å²) in [5, 5.41) is 5.01. The molecule has 0 saturated carbocycles. The number of anilines is 1. The fraction of sp³-hybridized carbons (Fsp3) is 0.100. The number of benzene rings is 1. The number of fused-ring (bicyclic) bond motifs is 1. The number of amides is 1. The van der Waals surface area contributed by atoms with E-state index >= 15 is 0 Å². The molecule has 0 saturated heterocycles. The third kappa shape index (κ3) is 3.24. The molecule has 3 heterocycles. The number of nitrogens with one attached hydrogen (secondary N) is 1. The Morgan fingerprint density at radius 1 is 1.15 bits per heavy atom. The average molecular weight is 376 g/mol. The molecular formula is C20H16N4O2S. The van der Waals surface area contributed by atoms with E-state index in [9.17, 15) is 9.59 Å². The molecule has 0 aliphatic heterocycles. The van der Waals surface area contributed by atoms with Crippen molar-refractivity contribution in [1.82, 2.24) is 14.4 Å². The van der Waals surface area contributed by atoms with Gasteiger partial charge in [0, 0.05) is 23.3 Å². The number of hydrogen-bond acceptors (Lipinski definition) is 5. The van der Waals surface area contributed by atoms with Gasteiger partial charge in [-0.15, -0.1) is 11.3 Å². The summed E-state index contributed by atoms with van der Waals surface area (Å²) in [6.45, 7) is 4.11. The minimum absolute atomic E-state index is 0.0263. The lowest BCUT2D eigenvalue weighted by molar-refractivity contribution is 0.102. The van der Waals surface area contributed by atoms with E-state index in [1.54, 1.807) is 24.4 Å². The molecule has 3 aromatic heterocycles. The van der Waals surface area contributed by atoms with Gasteiger partial charge in [0.05, 0.1) is 5.69 Å². The molecule has 0 unspecified atom stereocenters. The second kappa shape index (κ2) is 6.77. The van der Waals surface area contributed by atoms with Crippen molar-refractivity contribution in [3.63, 3.8) is 0 Å². The molecular weight excluding hydrogens is 360 g/mol. The Morgan fingerprint density at radius 2 is 2.00 bits per heavy atom. The first-order valence-electron chi connectivity index (χ1n) is 8.34. The predicted molar refractivity (Wildman–Crippen MR) is 106 cm³/mol. The van der Waals surface area contributed by atoms with E-state index in [1.165, 1.54) is 33.1 Å². The molecule has 0 aliphatic carbocycles. The van der Waals surface area contributed by atoms with Crippen molar-refractivity contribution < 1.29 is 4.79 Å². The number of carbonyl (C=O) groups is 1. The molecule has 1 aromatic carbocycles. The van der Waals surface area contributed by atoms with Gasteiger partial charge < -0.3 is 0 Å². The topological polar surface area (TPSA) is 76.4 Å². The first-order valence-corrected chi connectivity index (χ1v) is 9.22. The van der Waals surface area contributed by atoms with Gasteiger partial charge in [0.15, 0.2) is 5.13 Å². The Balaban J connectivity index is 1.61. The van der Waals surface area contributed by atoms with Gasteiger partial charge in [-0.3, -0.25) is 19.3 Å². The molecule has 4 rings (SSSR count). The lowest BCUT2D eigenvalue weighted by Crippen LogP contribution is -2.26. The summed E-state index contributed by atoms with van der Waals surface area (Å²) in [5.74, 6) is -0.522. The van der Waals surface area contributed by atoms with Crippen LogP contribution in [-0.4, -0.2) is 20.3 Å². The fourth-order valence-electron chi connectivity index (χ4n) is 2.71. The Kier molecular flexibility index (Phi) is 4.29. The number of aromatic nitrogens is 3. The van der Waals surface area contributed by atoms with Gasteiger partial charge >= 0.3 is 0 Å². The fourth-order valence-corrected chi connectivity index (χ4v) is 3.43. The van der Waals surface area contributed by atoms with Crippen LogP contribution in [0, 0.1) is 13.8 Å². The van der Waals surface area contributed by atoms with Crippen molar-refractivity contribution in [1.29, 1.82) is 0 Å². The Bertz CT molecular complexity index is 1230. The van der Waals surface area contributed by atoms with Crippen LogP contribution in [0.15, 0.2) is 59.0 Å². The van der Waals surface area contributed by atoms with Crippen LogP contribution in [0.3, 0.4) is 0 Å². The molecule has 4 aromatic rings. The van der Waals surface area contributed by atoms with E-state index < -0.39 is 11.5 Å². The van der Waals surface area contributed by atoms with Crippen LogP contribution < -0.4 is 10.9 Å². The number of carbonyl (C=O) groups excluding carboxylic acids is 1. The first kappa shape index (κ1) is 17.1. The molecule has 0 bridgehead atoms. The van der Waals surface area contributed by atoms with E-state index in [0.717, 1.165) is 11.3 Å². The lowest BCUT2D eigenvalue weighted by atomic mass is 10.1. The highest BCUT2D eigenvalue weighted by atomic mass is 32.1. The first-order chi connectivity index (χ1) is 13.0. The van der Waals surface area contributed by atoms with Crippen LogP contribution in [0.5, 0.6) is 0 Å². The van der Waals surface area contributed by atoms with Crippen LogP contribution in [0.25, 0.3) is 16.9 Å². The molecule has 134 valence electrons. The molecule has 1 amide bonds. The van der Waals surface area contributed by atoms with Crippen LogP contribution in [0.1, 0.15) is 21.5 Å². The minimum atomic E-state index is -0.522. The van der Waals surface area contributed by atoms with Crippen molar-refractivity contribution in [3.8, 4) is 11.3 Å². The third-order valence-electron chi connectivity index (χ3n) is 4.39. The lowest BCUT2D eigenvalue weighted by Gasteiger charge is -2.04. The normalized spacial score (nSPS) is 10.9. The number of pyridine rings is 1. The van der Waals surface area contributed by atoms with Crippen LogP contribution >= 0.6 is 11.3 Å². The number of aryl methyl sites for hydroxylation is 2. The molecule has 6 nitrogen and oxygen atoms in total. The second-order valence-electron chi connectivity index (χ2n) is 6.20. The zero-order valence-corrected chi connectivity index (χ0v) is 15.6. The molecule has 0 spiro atoms. The molecule has 7 heteroatoms. The zero-order valence-electron chi connectivity index (χ0n) is 14.8. The van der Waals surface area contributed by atoms with Gasteiger partial charge in [-0.2, -0.15) is 0 Å². The standard InChI is InChI=1S/C20H16N4O2S/c1-12-6-7-14(9-13(12)2)16-11-27-20(22-16)23-18(25)15-10-21-17-5-3-4-8-24(17)19(15)26/h3-11H,1-2H3,(H,22,23,25). The highest BCUT2D eigenvalue weighted by Gasteiger charge is 2.15. The highest BCUT2D eigenvalue weighted by molar-refractivity contribution is 7.14. The van der Waals surface area contributed by atoms with Crippen molar-refractivity contribution >= 4 is 28.0 Å². The van der Waals surface area contributed by atoms with Gasteiger partial charge in [-0.25, -0.2) is 9.97 Å². The highest BCUT2D eigenvalue weighted by Crippen LogP contribution is 2.26. The largest absolute Gasteiger partial charge is 0.298 e. The van der Waals surface area contributed by atoms with Crippen molar-refractivity contribution in [3.05, 3.63) is 81.2 Å². The van der Waals surface area contributed by atoms with Crippen LogP contribution in [0.4, 0.5) is 5.13 Å². The van der Waals surface area contributed by atoms with Crippen LogP contribution in [-0.2, 0) is 0 Å². The number of rotatable bonds is 3. The van der Waals surface area contributed by atoms with E-state index in [2.05, 4.69) is 28.3 Å². The maximum Gasteiger partial charge on any atom is 0.270 e. The van der Waals surface area contributed by atoms with Crippen LogP contribution in [0.2, 0.25) is 0 Å². The number of thiazole rings is 1. The molecule has 1 N–H and O–H groups in total. The second-order valence-corrected chi connectivity index (χ2v) is 7.06. The molecule has 0 aliphatic rings. The van der Waals surface area contributed by atoms with Gasteiger partial charge in [0.25, 0.3) is 11.5 Å². The van der Waals surface area contributed by atoms with Crippen molar-refractivity contribution in [2.45, 2.75) is 13.8 Å². The van der Waals surface area contributed by atoms with Gasteiger partial charge in [0.1, 0.15) is 11.2 Å². The quantitative estimate of drug-likeness (QED) is 0.592. The average Bonchev–Trinajstić information content (AvgIpc) is 3.13. The van der Waals surface area contributed by atoms with Gasteiger partial charge in [-0.05, 0) is 43.2 Å². The predicted octanol–water partition coefficient (Wildman–Crippen LogP) is 3.69. The number of hydrogen-bond donors (Lipinski definition) is 1. The Hall–Kier alpha value is -3.32. The molecule has 27 heavy (non-hydrogen) atoms. The van der Waals surface area contributed by atoms with E-state index in [-0.39, 0.29) is 5.56 Å². The van der Waals surface area contributed by atoms with E-state index in [1.807, 2.05) is 24.4 Å². The summed E-state index contributed by atoms with van der Waals surface area (Å²) in [5.41, 5.74) is 4.22. The monoisotopic (exact) mass is 376 g/mol. The maximum atomic E-state index is 12.5. The summed E-state index contributed by atoms with van der Waals surface area (Å²) < 4.78 is 1.34. The van der Waals surface area contributed by atoms with E-state index in [4.69, 9.17) is 0 Å². The Morgan fingerprint density at radius 3 is 2.81 bits per heavy atom. The summed E-state index contributed by atoms with van der Waals surface area (Å²) >= 11 is 1.31. The molecule has 0 atom stereocenters. The maximum absolute atomic E-state index is 12.5. The van der Waals surface area contributed by atoms with Crippen molar-refractivity contribution in [2.24, 2.45) is 0 Å². The minimum Gasteiger partial charge on any atom is -0.298 e. The van der Waals surface area contributed by atoms with Gasteiger partial charge in [0.2, 0.25) is 0 Å². The van der Waals surface area contributed by atoms with E-state index in [0.29, 0.717) is 10.8 Å². The summed E-state index contributed by atoms with van der Waals surface area (Å²) in [4.78, 5) is 33.7. The third-order valence-corrected chi connectivity index (χ3v) is 5.14. The zero-order chi connectivity index (χ0) is 19.0. The summed E-state index contributed by atoms with van der Waals surface area (Å²) in [6.07, 6.45) is 2.88. The number of nitrogens with zero attached hydrogens (tertiary/aromatic N) is 3. The Labute approximate surface area is 159 Å². The van der Waals surface area contributed by atoms with Crippen molar-refractivity contribution in [2.75, 3.05) is 5.32 Å². The van der Waals surface area contributed by atoms with Gasteiger partial charge in [-0.1, -0.05) is 18.2 Å².